The van der Waals surface area contributed by atoms with Crippen LogP contribution in [0.2, 0.25) is 0 Å². The van der Waals surface area contributed by atoms with Crippen LogP contribution in [-0.4, -0.2) is 73.5 Å². The SMILES string of the molecule is CCCCCCCCCCCCCCCNC(=O)CCNCCN(CCO)CCO. The minimum absolute atomic E-state index is 0.0988. The van der Waals surface area contributed by atoms with Crippen LogP contribution in [0.4, 0.5) is 0 Å². The van der Waals surface area contributed by atoms with Crippen molar-refractivity contribution in [2.45, 2.75) is 96.8 Å². The second kappa shape index (κ2) is 24.6. The topological polar surface area (TPSA) is 84.8 Å². The van der Waals surface area contributed by atoms with Gasteiger partial charge in [0.05, 0.1) is 13.2 Å². The molecule has 180 valence electrons. The largest absolute Gasteiger partial charge is 0.395 e. The predicted molar refractivity (Wildman–Crippen MR) is 127 cm³/mol. The van der Waals surface area contributed by atoms with E-state index in [1.54, 1.807) is 0 Å². The van der Waals surface area contributed by atoms with Crippen LogP contribution in [0.5, 0.6) is 0 Å². The predicted octanol–water partition coefficient (Wildman–Crippen LogP) is 3.46. The summed E-state index contributed by atoms with van der Waals surface area (Å²) < 4.78 is 0. The Hall–Kier alpha value is -0.690. The maximum absolute atomic E-state index is 11.8. The van der Waals surface area contributed by atoms with Gasteiger partial charge in [0.1, 0.15) is 0 Å². The number of nitrogens with zero attached hydrogens (tertiary/aromatic N) is 1. The molecule has 0 unspecified atom stereocenters. The number of hydrogen-bond acceptors (Lipinski definition) is 5. The van der Waals surface area contributed by atoms with Crippen LogP contribution in [0.25, 0.3) is 0 Å². The van der Waals surface area contributed by atoms with E-state index in [2.05, 4.69) is 17.6 Å². The first kappa shape index (κ1) is 29.3. The highest BCUT2D eigenvalue weighted by Crippen LogP contribution is 2.12. The number of nitrogens with one attached hydrogen (secondary N) is 2. The average molecular weight is 430 g/mol. The zero-order chi connectivity index (χ0) is 22.1. The molecule has 0 bridgehead atoms. The van der Waals surface area contributed by atoms with Crippen molar-refractivity contribution in [2.75, 3.05) is 52.5 Å². The lowest BCUT2D eigenvalue weighted by Crippen LogP contribution is -2.37. The third-order valence-corrected chi connectivity index (χ3v) is 5.57. The third-order valence-electron chi connectivity index (χ3n) is 5.57. The zero-order valence-electron chi connectivity index (χ0n) is 19.8. The molecule has 6 nitrogen and oxygen atoms in total. The minimum atomic E-state index is 0.0988. The highest BCUT2D eigenvalue weighted by molar-refractivity contribution is 5.75. The van der Waals surface area contributed by atoms with E-state index in [9.17, 15) is 4.79 Å². The molecule has 0 aromatic rings. The highest BCUT2D eigenvalue weighted by atomic mass is 16.3. The van der Waals surface area contributed by atoms with Crippen molar-refractivity contribution in [3.05, 3.63) is 0 Å². The van der Waals surface area contributed by atoms with Crippen molar-refractivity contribution >= 4 is 5.91 Å². The molecule has 0 fully saturated rings. The molecule has 0 atom stereocenters. The molecule has 0 rings (SSSR count). The van der Waals surface area contributed by atoms with Crippen molar-refractivity contribution in [1.82, 2.24) is 15.5 Å². The van der Waals surface area contributed by atoms with Gasteiger partial charge in [0.15, 0.2) is 0 Å². The molecule has 0 aliphatic heterocycles. The maximum Gasteiger partial charge on any atom is 0.221 e. The van der Waals surface area contributed by atoms with E-state index in [1.807, 2.05) is 4.90 Å². The highest BCUT2D eigenvalue weighted by Gasteiger charge is 2.04. The van der Waals surface area contributed by atoms with Gasteiger partial charge in [0.25, 0.3) is 0 Å². The molecular formula is C24H51N3O3. The summed E-state index contributed by atoms with van der Waals surface area (Å²) >= 11 is 0. The van der Waals surface area contributed by atoms with Gasteiger partial charge in [-0.05, 0) is 6.42 Å². The number of aliphatic hydroxyl groups is 2. The molecule has 1 amide bonds. The van der Waals surface area contributed by atoms with Crippen LogP contribution in [-0.2, 0) is 4.79 Å². The molecule has 30 heavy (non-hydrogen) atoms. The maximum atomic E-state index is 11.8. The van der Waals surface area contributed by atoms with Crippen molar-refractivity contribution < 1.29 is 15.0 Å². The third kappa shape index (κ3) is 22.0. The molecule has 0 heterocycles. The Bertz CT molecular complexity index is 351. The van der Waals surface area contributed by atoms with Gasteiger partial charge in [-0.1, -0.05) is 84.0 Å². The Morgan fingerprint density at radius 1 is 0.667 bits per heavy atom. The second-order valence-corrected chi connectivity index (χ2v) is 8.38. The van der Waals surface area contributed by atoms with Crippen LogP contribution in [0.1, 0.15) is 96.8 Å². The lowest BCUT2D eigenvalue weighted by molar-refractivity contribution is -0.121. The Morgan fingerprint density at radius 3 is 1.67 bits per heavy atom. The van der Waals surface area contributed by atoms with Crippen molar-refractivity contribution in [3.8, 4) is 0 Å². The summed E-state index contributed by atoms with van der Waals surface area (Å²) in [5.74, 6) is 0.115. The molecule has 0 aliphatic carbocycles. The molecule has 0 spiro atoms. The molecule has 0 aliphatic rings. The zero-order valence-corrected chi connectivity index (χ0v) is 19.8. The first-order valence-corrected chi connectivity index (χ1v) is 12.7. The number of carbonyl (C=O) groups is 1. The molecule has 4 N–H and O–H groups in total. The number of unbranched alkanes of at least 4 members (excludes halogenated alkanes) is 12. The van der Waals surface area contributed by atoms with Crippen LogP contribution in [0.15, 0.2) is 0 Å². The van der Waals surface area contributed by atoms with E-state index in [-0.39, 0.29) is 19.1 Å². The van der Waals surface area contributed by atoms with Gasteiger partial charge in [0.2, 0.25) is 5.91 Å². The second-order valence-electron chi connectivity index (χ2n) is 8.38. The molecule has 0 aromatic heterocycles. The molecular weight excluding hydrogens is 378 g/mol. The van der Waals surface area contributed by atoms with E-state index in [0.717, 1.165) is 26.1 Å². The summed E-state index contributed by atoms with van der Waals surface area (Å²) in [6, 6.07) is 0. The summed E-state index contributed by atoms with van der Waals surface area (Å²) in [5.41, 5.74) is 0. The molecule has 0 radical (unpaired) electrons. The van der Waals surface area contributed by atoms with E-state index in [4.69, 9.17) is 10.2 Å². The lowest BCUT2D eigenvalue weighted by Gasteiger charge is -2.20. The van der Waals surface area contributed by atoms with Crippen LogP contribution >= 0.6 is 0 Å². The van der Waals surface area contributed by atoms with Crippen LogP contribution in [0, 0.1) is 0 Å². The smallest absolute Gasteiger partial charge is 0.221 e. The Labute approximate surface area is 186 Å². The Kier molecular flexibility index (Phi) is 24.0. The number of hydrogen-bond donors (Lipinski definition) is 4. The van der Waals surface area contributed by atoms with E-state index >= 15 is 0 Å². The fourth-order valence-electron chi connectivity index (χ4n) is 3.64. The average Bonchev–Trinajstić information content (AvgIpc) is 2.74. The van der Waals surface area contributed by atoms with Crippen molar-refractivity contribution in [2.24, 2.45) is 0 Å². The van der Waals surface area contributed by atoms with Gasteiger partial charge in [-0.2, -0.15) is 0 Å². The fraction of sp³-hybridized carbons (Fsp3) is 0.958. The van der Waals surface area contributed by atoms with Crippen molar-refractivity contribution in [3.63, 3.8) is 0 Å². The standard InChI is InChI=1S/C24H51N3O3/c1-2-3-4-5-6-7-8-9-10-11-12-13-14-16-26-24(30)15-17-25-18-19-27(20-22-28)21-23-29/h25,28-29H,2-23H2,1H3,(H,26,30). The number of carbonyl (C=O) groups excluding carboxylic acids is 1. The van der Waals surface area contributed by atoms with Gasteiger partial charge in [0, 0.05) is 45.7 Å². The minimum Gasteiger partial charge on any atom is -0.395 e. The number of amides is 1. The molecule has 0 saturated carbocycles. The Morgan fingerprint density at radius 2 is 1.17 bits per heavy atom. The summed E-state index contributed by atoms with van der Waals surface area (Å²) in [7, 11) is 0. The monoisotopic (exact) mass is 429 g/mol. The van der Waals surface area contributed by atoms with E-state index < -0.39 is 0 Å². The number of rotatable bonds is 24. The van der Waals surface area contributed by atoms with E-state index in [1.165, 1.54) is 77.0 Å². The van der Waals surface area contributed by atoms with Crippen molar-refractivity contribution in [1.29, 1.82) is 0 Å². The quantitative estimate of drug-likeness (QED) is 0.177. The molecule has 6 heteroatoms. The molecule has 0 aromatic carbocycles. The van der Waals surface area contributed by atoms with E-state index in [0.29, 0.717) is 26.1 Å². The summed E-state index contributed by atoms with van der Waals surface area (Å²) in [6.45, 7) is 6.58. The van der Waals surface area contributed by atoms with Crippen LogP contribution in [0.3, 0.4) is 0 Å². The lowest BCUT2D eigenvalue weighted by atomic mass is 10.0. The Balaban J connectivity index is 3.28. The summed E-state index contributed by atoms with van der Waals surface area (Å²) in [4.78, 5) is 13.8. The normalized spacial score (nSPS) is 11.3. The van der Waals surface area contributed by atoms with Gasteiger partial charge in [-0.3, -0.25) is 9.69 Å². The van der Waals surface area contributed by atoms with Gasteiger partial charge >= 0.3 is 0 Å². The molecule has 0 saturated heterocycles. The van der Waals surface area contributed by atoms with Gasteiger partial charge in [-0.15, -0.1) is 0 Å². The first-order valence-electron chi connectivity index (χ1n) is 12.7. The van der Waals surface area contributed by atoms with Gasteiger partial charge < -0.3 is 20.8 Å². The number of aliphatic hydroxyl groups excluding tert-OH is 2. The van der Waals surface area contributed by atoms with Crippen LogP contribution < -0.4 is 10.6 Å². The summed E-state index contributed by atoms with van der Waals surface area (Å²) in [6.07, 6.45) is 17.9. The van der Waals surface area contributed by atoms with Gasteiger partial charge in [-0.25, -0.2) is 0 Å². The first-order chi connectivity index (χ1) is 14.7. The summed E-state index contributed by atoms with van der Waals surface area (Å²) in [5, 5.41) is 24.2. The fourth-order valence-corrected chi connectivity index (χ4v) is 3.64.